The van der Waals surface area contributed by atoms with Crippen LogP contribution in [0.5, 0.6) is 0 Å². The fourth-order valence-corrected chi connectivity index (χ4v) is 1.11. The molecule has 0 aliphatic heterocycles. The lowest BCUT2D eigenvalue weighted by Gasteiger charge is -1.98. The van der Waals surface area contributed by atoms with E-state index in [-0.39, 0.29) is 6.61 Å². The first-order chi connectivity index (χ1) is 7.27. The maximum atomic E-state index is 13.2. The molecule has 0 amide bonds. The zero-order chi connectivity index (χ0) is 11.1. The summed E-state index contributed by atoms with van der Waals surface area (Å²) in [5, 5.41) is 11.7. The second-order valence-corrected chi connectivity index (χ2v) is 3.12. The summed E-state index contributed by atoms with van der Waals surface area (Å²) >= 11 is 0. The van der Waals surface area contributed by atoms with Gasteiger partial charge >= 0.3 is 0 Å². The standard InChI is InChI=1S/C12H14FNO/c1-14-7-3-2-4-10-5-6-11(9-15)12(13)8-10/h5-6,8,14-15H,3,7,9H2,1H3. The van der Waals surface area contributed by atoms with Crippen LogP contribution in [-0.2, 0) is 6.61 Å². The van der Waals surface area contributed by atoms with Gasteiger partial charge in [-0.2, -0.15) is 0 Å². The van der Waals surface area contributed by atoms with Crippen LogP contribution in [0.1, 0.15) is 17.5 Å². The van der Waals surface area contributed by atoms with E-state index in [4.69, 9.17) is 5.11 Å². The van der Waals surface area contributed by atoms with Gasteiger partial charge in [0.15, 0.2) is 0 Å². The molecule has 1 aromatic carbocycles. The molecule has 3 heteroatoms. The molecular weight excluding hydrogens is 193 g/mol. The molecule has 0 heterocycles. The first-order valence-corrected chi connectivity index (χ1v) is 4.80. The number of aliphatic hydroxyl groups excluding tert-OH is 1. The SMILES string of the molecule is CNCCC#Cc1ccc(CO)c(F)c1. The lowest BCUT2D eigenvalue weighted by molar-refractivity contribution is 0.275. The summed E-state index contributed by atoms with van der Waals surface area (Å²) in [6, 6.07) is 4.61. The highest BCUT2D eigenvalue weighted by Crippen LogP contribution is 2.09. The predicted molar refractivity (Wildman–Crippen MR) is 57.7 cm³/mol. The highest BCUT2D eigenvalue weighted by molar-refractivity contribution is 5.36. The Hall–Kier alpha value is -1.37. The van der Waals surface area contributed by atoms with Crippen LogP contribution in [-0.4, -0.2) is 18.7 Å². The molecule has 2 N–H and O–H groups in total. The molecular formula is C12H14FNO. The van der Waals surface area contributed by atoms with Gasteiger partial charge < -0.3 is 10.4 Å². The molecule has 0 aliphatic carbocycles. The molecule has 2 nitrogen and oxygen atoms in total. The van der Waals surface area contributed by atoms with E-state index in [9.17, 15) is 4.39 Å². The number of nitrogens with one attached hydrogen (secondary N) is 1. The molecule has 0 aliphatic rings. The Morgan fingerprint density at radius 2 is 2.27 bits per heavy atom. The monoisotopic (exact) mass is 207 g/mol. The smallest absolute Gasteiger partial charge is 0.129 e. The molecule has 1 rings (SSSR count). The Balaban J connectivity index is 2.69. The zero-order valence-corrected chi connectivity index (χ0v) is 8.68. The van der Waals surface area contributed by atoms with Crippen molar-refractivity contribution in [3.8, 4) is 11.8 Å². The number of benzene rings is 1. The molecule has 0 bridgehead atoms. The van der Waals surface area contributed by atoms with Gasteiger partial charge in [0.2, 0.25) is 0 Å². The van der Waals surface area contributed by atoms with Gasteiger partial charge in [0.1, 0.15) is 5.82 Å². The molecule has 0 saturated carbocycles. The van der Waals surface area contributed by atoms with Crippen molar-refractivity contribution in [2.24, 2.45) is 0 Å². The van der Waals surface area contributed by atoms with Crippen LogP contribution >= 0.6 is 0 Å². The molecule has 0 atom stereocenters. The summed E-state index contributed by atoms with van der Waals surface area (Å²) in [6.07, 6.45) is 0.736. The van der Waals surface area contributed by atoms with Gasteiger partial charge in [0.25, 0.3) is 0 Å². The summed E-state index contributed by atoms with van der Waals surface area (Å²) in [6.45, 7) is 0.545. The molecule has 0 saturated heterocycles. The van der Waals surface area contributed by atoms with E-state index in [1.807, 2.05) is 7.05 Å². The minimum Gasteiger partial charge on any atom is -0.392 e. The van der Waals surface area contributed by atoms with Crippen molar-refractivity contribution in [2.45, 2.75) is 13.0 Å². The second-order valence-electron chi connectivity index (χ2n) is 3.12. The van der Waals surface area contributed by atoms with Crippen LogP contribution in [0.25, 0.3) is 0 Å². The van der Waals surface area contributed by atoms with E-state index in [0.29, 0.717) is 11.1 Å². The summed E-state index contributed by atoms with van der Waals surface area (Å²) < 4.78 is 13.2. The summed E-state index contributed by atoms with van der Waals surface area (Å²) in [7, 11) is 1.86. The zero-order valence-electron chi connectivity index (χ0n) is 8.68. The van der Waals surface area contributed by atoms with E-state index in [2.05, 4.69) is 17.2 Å². The first-order valence-electron chi connectivity index (χ1n) is 4.80. The molecule has 0 unspecified atom stereocenters. The molecule has 1 aromatic rings. The molecule has 0 radical (unpaired) electrons. The van der Waals surface area contributed by atoms with E-state index < -0.39 is 5.82 Å². The summed E-state index contributed by atoms with van der Waals surface area (Å²) in [5.41, 5.74) is 0.941. The highest BCUT2D eigenvalue weighted by Gasteiger charge is 1.99. The minimum absolute atomic E-state index is 0.278. The Labute approximate surface area is 89.1 Å². The average molecular weight is 207 g/mol. The van der Waals surface area contributed by atoms with E-state index in [0.717, 1.165) is 13.0 Å². The number of hydrogen-bond acceptors (Lipinski definition) is 2. The van der Waals surface area contributed by atoms with Gasteiger partial charge in [-0.15, -0.1) is 0 Å². The van der Waals surface area contributed by atoms with Gasteiger partial charge in [-0.05, 0) is 19.2 Å². The van der Waals surface area contributed by atoms with Gasteiger partial charge in [0, 0.05) is 24.1 Å². The third kappa shape index (κ3) is 3.70. The number of halogens is 1. The van der Waals surface area contributed by atoms with Crippen LogP contribution < -0.4 is 5.32 Å². The van der Waals surface area contributed by atoms with Crippen molar-refractivity contribution >= 4 is 0 Å². The fourth-order valence-electron chi connectivity index (χ4n) is 1.11. The third-order valence-electron chi connectivity index (χ3n) is 1.96. The summed E-state index contributed by atoms with van der Waals surface area (Å²) in [4.78, 5) is 0. The van der Waals surface area contributed by atoms with Crippen molar-refractivity contribution in [1.29, 1.82) is 0 Å². The van der Waals surface area contributed by atoms with E-state index >= 15 is 0 Å². The number of hydrogen-bond donors (Lipinski definition) is 2. The largest absolute Gasteiger partial charge is 0.392 e. The van der Waals surface area contributed by atoms with Crippen molar-refractivity contribution in [2.75, 3.05) is 13.6 Å². The van der Waals surface area contributed by atoms with Crippen molar-refractivity contribution in [3.05, 3.63) is 35.1 Å². The Morgan fingerprint density at radius 1 is 1.47 bits per heavy atom. The maximum absolute atomic E-state index is 13.2. The van der Waals surface area contributed by atoms with Crippen molar-refractivity contribution < 1.29 is 9.50 Å². The van der Waals surface area contributed by atoms with Crippen LogP contribution in [0.2, 0.25) is 0 Å². The van der Waals surface area contributed by atoms with Crippen LogP contribution in [0.15, 0.2) is 18.2 Å². The normalized spacial score (nSPS) is 9.53. The highest BCUT2D eigenvalue weighted by atomic mass is 19.1. The lowest BCUT2D eigenvalue weighted by Crippen LogP contribution is -2.05. The topological polar surface area (TPSA) is 32.3 Å². The maximum Gasteiger partial charge on any atom is 0.129 e. The lowest BCUT2D eigenvalue weighted by atomic mass is 10.1. The van der Waals surface area contributed by atoms with Gasteiger partial charge in [-0.3, -0.25) is 0 Å². The van der Waals surface area contributed by atoms with Crippen LogP contribution in [0.3, 0.4) is 0 Å². The van der Waals surface area contributed by atoms with Crippen molar-refractivity contribution in [3.63, 3.8) is 0 Å². The van der Waals surface area contributed by atoms with Crippen LogP contribution in [0.4, 0.5) is 4.39 Å². The molecule has 0 spiro atoms. The Kier molecular flexibility index (Phi) is 4.82. The predicted octanol–water partition coefficient (Wildman–Crippen LogP) is 1.28. The van der Waals surface area contributed by atoms with E-state index in [1.54, 1.807) is 12.1 Å². The molecule has 15 heavy (non-hydrogen) atoms. The Morgan fingerprint density at radius 3 is 2.87 bits per heavy atom. The third-order valence-corrected chi connectivity index (χ3v) is 1.96. The van der Waals surface area contributed by atoms with Crippen LogP contribution in [0, 0.1) is 17.7 Å². The molecule has 0 fully saturated rings. The summed E-state index contributed by atoms with van der Waals surface area (Å²) in [5.74, 6) is 5.38. The number of aliphatic hydroxyl groups is 1. The number of rotatable bonds is 3. The van der Waals surface area contributed by atoms with Gasteiger partial charge in [-0.1, -0.05) is 17.9 Å². The molecule has 80 valence electrons. The fraction of sp³-hybridized carbons (Fsp3) is 0.333. The second kappa shape index (κ2) is 6.18. The average Bonchev–Trinajstić information content (AvgIpc) is 2.25. The van der Waals surface area contributed by atoms with E-state index in [1.165, 1.54) is 6.07 Å². The van der Waals surface area contributed by atoms with Crippen molar-refractivity contribution in [1.82, 2.24) is 5.32 Å². The minimum atomic E-state index is -0.405. The first kappa shape index (κ1) is 11.7. The Bertz CT molecular complexity index is 379. The van der Waals surface area contributed by atoms with Gasteiger partial charge in [-0.25, -0.2) is 4.39 Å². The van der Waals surface area contributed by atoms with Gasteiger partial charge in [0.05, 0.1) is 6.61 Å². The quantitative estimate of drug-likeness (QED) is 0.578. The molecule has 0 aromatic heterocycles.